The SMILES string of the molecule is COc1cccc(C(=O)N[C@@H](CC2CCCCC2)C(=O)N[C@@H](CC(=O)OCc2ccccc2)CN2CCc3cc(F)ccc32)c1. The van der Waals surface area contributed by atoms with Gasteiger partial charge in [0.2, 0.25) is 5.91 Å². The van der Waals surface area contributed by atoms with E-state index in [1.165, 1.54) is 25.7 Å². The molecule has 2 amide bonds. The van der Waals surface area contributed by atoms with Gasteiger partial charge in [-0.2, -0.15) is 0 Å². The number of fused-ring (bicyclic) bond motifs is 1. The van der Waals surface area contributed by atoms with Crippen molar-refractivity contribution in [1.29, 1.82) is 0 Å². The maximum atomic E-state index is 14.0. The fourth-order valence-corrected chi connectivity index (χ4v) is 6.35. The number of benzene rings is 3. The highest BCUT2D eigenvalue weighted by Gasteiger charge is 2.31. The third-order valence-electron chi connectivity index (χ3n) is 8.72. The number of carbonyl (C=O) groups is 3. The molecular weight excluding hydrogens is 573 g/mol. The third kappa shape index (κ3) is 9.06. The molecule has 8 nitrogen and oxygen atoms in total. The van der Waals surface area contributed by atoms with Crippen LogP contribution >= 0.6 is 0 Å². The molecular formula is C36H42FN3O5. The number of ether oxygens (including phenoxy) is 2. The van der Waals surface area contributed by atoms with Crippen molar-refractivity contribution in [3.8, 4) is 5.75 Å². The topological polar surface area (TPSA) is 97.0 Å². The molecule has 0 spiro atoms. The molecule has 9 heteroatoms. The molecule has 1 heterocycles. The summed E-state index contributed by atoms with van der Waals surface area (Å²) >= 11 is 0. The van der Waals surface area contributed by atoms with Gasteiger partial charge in [0.1, 0.15) is 24.2 Å². The van der Waals surface area contributed by atoms with Crippen LogP contribution < -0.4 is 20.3 Å². The molecule has 5 rings (SSSR count). The van der Waals surface area contributed by atoms with E-state index in [1.807, 2.05) is 30.3 Å². The molecule has 0 unspecified atom stereocenters. The van der Waals surface area contributed by atoms with Crippen molar-refractivity contribution in [3.05, 3.63) is 95.3 Å². The molecule has 1 aliphatic carbocycles. The summed E-state index contributed by atoms with van der Waals surface area (Å²) in [5, 5.41) is 6.06. The van der Waals surface area contributed by atoms with Crippen molar-refractivity contribution >= 4 is 23.5 Å². The Bertz CT molecular complexity index is 1460. The molecule has 3 aromatic rings. The van der Waals surface area contributed by atoms with E-state index in [4.69, 9.17) is 9.47 Å². The fraction of sp³-hybridized carbons (Fsp3) is 0.417. The van der Waals surface area contributed by atoms with Gasteiger partial charge in [0, 0.05) is 24.3 Å². The molecule has 0 bridgehead atoms. The first kappa shape index (κ1) is 32.0. The van der Waals surface area contributed by atoms with Gasteiger partial charge in [-0.05, 0) is 66.3 Å². The molecule has 2 aliphatic rings. The maximum Gasteiger partial charge on any atom is 0.308 e. The molecule has 3 aromatic carbocycles. The average Bonchev–Trinajstić information content (AvgIpc) is 3.45. The Balaban J connectivity index is 1.32. The minimum Gasteiger partial charge on any atom is -0.497 e. The van der Waals surface area contributed by atoms with Crippen molar-refractivity contribution < 1.29 is 28.2 Å². The number of anilines is 1. The van der Waals surface area contributed by atoms with E-state index in [1.54, 1.807) is 30.3 Å². The van der Waals surface area contributed by atoms with E-state index in [9.17, 15) is 18.8 Å². The van der Waals surface area contributed by atoms with Gasteiger partial charge in [-0.15, -0.1) is 0 Å². The Morgan fingerprint density at radius 3 is 2.53 bits per heavy atom. The standard InChI is InChI=1S/C36H42FN3O5/c1-44-31-14-8-13-28(21-31)35(42)39-32(19-25-9-4-2-5-10-25)36(43)38-30(22-34(41)45-24-26-11-6-3-7-12-26)23-40-18-17-27-20-29(37)15-16-33(27)40/h3,6-8,11-16,20-21,25,30,32H,2,4-5,9-10,17-19,22-24H2,1H3,(H,38,43)(H,39,42)/t30-,32-/m0/s1. The summed E-state index contributed by atoms with van der Waals surface area (Å²) in [5.74, 6) is -0.560. The summed E-state index contributed by atoms with van der Waals surface area (Å²) in [6.45, 7) is 1.11. The van der Waals surface area contributed by atoms with Crippen LogP contribution in [0.4, 0.5) is 10.1 Å². The highest BCUT2D eigenvalue weighted by molar-refractivity contribution is 5.98. The Labute approximate surface area is 264 Å². The highest BCUT2D eigenvalue weighted by atomic mass is 19.1. The van der Waals surface area contributed by atoms with Gasteiger partial charge in [-0.3, -0.25) is 14.4 Å². The molecule has 1 aliphatic heterocycles. The lowest BCUT2D eigenvalue weighted by Gasteiger charge is -2.30. The number of methoxy groups -OCH3 is 1. The van der Waals surface area contributed by atoms with Crippen molar-refractivity contribution in [2.45, 2.75) is 70.1 Å². The summed E-state index contributed by atoms with van der Waals surface area (Å²) in [6, 6.07) is 19.6. The van der Waals surface area contributed by atoms with E-state index < -0.39 is 18.1 Å². The summed E-state index contributed by atoms with van der Waals surface area (Å²) in [4.78, 5) is 42.4. The molecule has 1 fully saturated rings. The van der Waals surface area contributed by atoms with Crippen LogP contribution in [0.1, 0.15) is 66.4 Å². The predicted octanol–water partition coefficient (Wildman–Crippen LogP) is 5.58. The Hall–Kier alpha value is -4.40. The summed E-state index contributed by atoms with van der Waals surface area (Å²) in [6.07, 6.45) is 6.54. The average molecular weight is 616 g/mol. The van der Waals surface area contributed by atoms with Gasteiger partial charge < -0.3 is 25.0 Å². The first-order valence-corrected chi connectivity index (χ1v) is 15.9. The van der Waals surface area contributed by atoms with E-state index in [0.717, 1.165) is 42.5 Å². The first-order valence-electron chi connectivity index (χ1n) is 15.9. The number of nitrogens with zero attached hydrogens (tertiary/aromatic N) is 1. The van der Waals surface area contributed by atoms with Crippen LogP contribution in [0.25, 0.3) is 0 Å². The molecule has 238 valence electrons. The van der Waals surface area contributed by atoms with Crippen LogP contribution in [-0.4, -0.2) is 50.1 Å². The van der Waals surface area contributed by atoms with Crippen molar-refractivity contribution in [1.82, 2.24) is 10.6 Å². The molecule has 1 saturated carbocycles. The lowest BCUT2D eigenvalue weighted by atomic mass is 9.84. The van der Waals surface area contributed by atoms with Crippen LogP contribution in [0.2, 0.25) is 0 Å². The fourth-order valence-electron chi connectivity index (χ4n) is 6.35. The zero-order valence-corrected chi connectivity index (χ0v) is 25.8. The molecule has 45 heavy (non-hydrogen) atoms. The van der Waals surface area contributed by atoms with Crippen LogP contribution in [-0.2, 0) is 27.4 Å². The van der Waals surface area contributed by atoms with Gasteiger partial charge in [0.15, 0.2) is 0 Å². The van der Waals surface area contributed by atoms with E-state index in [0.29, 0.717) is 43.2 Å². The third-order valence-corrected chi connectivity index (χ3v) is 8.72. The number of rotatable bonds is 13. The first-order chi connectivity index (χ1) is 21.9. The Morgan fingerprint density at radius 1 is 0.956 bits per heavy atom. The van der Waals surface area contributed by atoms with E-state index >= 15 is 0 Å². The second-order valence-electron chi connectivity index (χ2n) is 12.0. The lowest BCUT2D eigenvalue weighted by molar-refractivity contribution is -0.145. The second kappa shape index (κ2) is 15.5. The van der Waals surface area contributed by atoms with Crippen molar-refractivity contribution in [2.24, 2.45) is 5.92 Å². The normalized spacial score (nSPS) is 15.9. The van der Waals surface area contributed by atoms with Crippen molar-refractivity contribution in [2.75, 3.05) is 25.1 Å². The number of amides is 2. The number of esters is 1. The van der Waals surface area contributed by atoms with Gasteiger partial charge in [-0.25, -0.2) is 4.39 Å². The zero-order valence-electron chi connectivity index (χ0n) is 25.8. The number of carbonyl (C=O) groups excluding carboxylic acids is 3. The molecule has 0 aromatic heterocycles. The van der Waals surface area contributed by atoms with Gasteiger partial charge >= 0.3 is 5.97 Å². The highest BCUT2D eigenvalue weighted by Crippen LogP contribution is 2.30. The van der Waals surface area contributed by atoms with E-state index in [-0.39, 0.29) is 30.7 Å². The van der Waals surface area contributed by atoms with Gasteiger partial charge in [0.05, 0.1) is 19.6 Å². The second-order valence-corrected chi connectivity index (χ2v) is 12.0. The van der Waals surface area contributed by atoms with E-state index in [2.05, 4.69) is 15.5 Å². The molecule has 2 N–H and O–H groups in total. The van der Waals surface area contributed by atoms with Crippen molar-refractivity contribution in [3.63, 3.8) is 0 Å². The number of nitrogens with one attached hydrogen (secondary N) is 2. The quantitative estimate of drug-likeness (QED) is 0.244. The summed E-state index contributed by atoms with van der Waals surface area (Å²) < 4.78 is 24.8. The largest absolute Gasteiger partial charge is 0.497 e. The lowest BCUT2D eigenvalue weighted by Crippen LogP contribution is -2.53. The predicted molar refractivity (Wildman–Crippen MR) is 171 cm³/mol. The number of halogens is 1. The minimum atomic E-state index is -0.783. The molecule has 2 atom stereocenters. The van der Waals surface area contributed by atoms with Crippen LogP contribution in [0.5, 0.6) is 5.75 Å². The van der Waals surface area contributed by atoms with Crippen LogP contribution in [0.3, 0.4) is 0 Å². The Kier molecular flexibility index (Phi) is 11.1. The van der Waals surface area contributed by atoms with Crippen LogP contribution in [0, 0.1) is 11.7 Å². The van der Waals surface area contributed by atoms with Crippen LogP contribution in [0.15, 0.2) is 72.8 Å². The Morgan fingerprint density at radius 2 is 1.76 bits per heavy atom. The monoisotopic (exact) mass is 615 g/mol. The minimum absolute atomic E-state index is 0.0500. The van der Waals surface area contributed by atoms with Gasteiger partial charge in [-0.1, -0.05) is 68.5 Å². The number of hydrogen-bond donors (Lipinski definition) is 2. The summed E-state index contributed by atoms with van der Waals surface area (Å²) in [5.41, 5.74) is 3.05. The number of hydrogen-bond acceptors (Lipinski definition) is 6. The summed E-state index contributed by atoms with van der Waals surface area (Å²) in [7, 11) is 1.54. The van der Waals surface area contributed by atoms with Gasteiger partial charge in [0.25, 0.3) is 5.91 Å². The smallest absolute Gasteiger partial charge is 0.308 e. The molecule has 0 radical (unpaired) electrons. The maximum absolute atomic E-state index is 14.0. The molecule has 0 saturated heterocycles. The zero-order chi connectivity index (χ0) is 31.6.